The SMILES string of the molecule is CCOCCc1nc(-c2ccc(Br)cc2)c(C)s1. The van der Waals surface area contributed by atoms with Gasteiger partial charge < -0.3 is 4.74 Å². The van der Waals surface area contributed by atoms with Gasteiger partial charge >= 0.3 is 0 Å². The Morgan fingerprint density at radius 3 is 2.67 bits per heavy atom. The van der Waals surface area contributed by atoms with Gasteiger partial charge in [0.15, 0.2) is 0 Å². The van der Waals surface area contributed by atoms with E-state index in [0.29, 0.717) is 0 Å². The maximum Gasteiger partial charge on any atom is 0.0958 e. The van der Waals surface area contributed by atoms with Crippen LogP contribution in [0.25, 0.3) is 11.3 Å². The molecule has 1 aromatic carbocycles. The molecule has 0 radical (unpaired) electrons. The molecule has 0 aliphatic heterocycles. The van der Waals surface area contributed by atoms with Crippen LogP contribution in [0.4, 0.5) is 0 Å². The van der Waals surface area contributed by atoms with E-state index in [2.05, 4.69) is 35.0 Å². The zero-order valence-corrected chi connectivity index (χ0v) is 13.0. The molecule has 2 nitrogen and oxygen atoms in total. The van der Waals surface area contributed by atoms with Crippen molar-refractivity contribution in [2.24, 2.45) is 0 Å². The molecule has 0 atom stereocenters. The monoisotopic (exact) mass is 325 g/mol. The van der Waals surface area contributed by atoms with Gasteiger partial charge in [0.25, 0.3) is 0 Å². The van der Waals surface area contributed by atoms with E-state index in [1.54, 1.807) is 11.3 Å². The molecular formula is C14H16BrNOS. The van der Waals surface area contributed by atoms with E-state index >= 15 is 0 Å². The highest BCUT2D eigenvalue weighted by atomic mass is 79.9. The van der Waals surface area contributed by atoms with Gasteiger partial charge in [-0.2, -0.15) is 0 Å². The summed E-state index contributed by atoms with van der Waals surface area (Å²) in [5, 5.41) is 1.15. The van der Waals surface area contributed by atoms with Gasteiger partial charge in [-0.15, -0.1) is 11.3 Å². The lowest BCUT2D eigenvalue weighted by Crippen LogP contribution is -1.97. The molecule has 0 aliphatic carbocycles. The lowest BCUT2D eigenvalue weighted by Gasteiger charge is -1.99. The van der Waals surface area contributed by atoms with E-state index in [9.17, 15) is 0 Å². The van der Waals surface area contributed by atoms with Gasteiger partial charge in [0.2, 0.25) is 0 Å². The molecule has 1 heterocycles. The summed E-state index contributed by atoms with van der Waals surface area (Å²) in [6, 6.07) is 8.29. The quantitative estimate of drug-likeness (QED) is 0.757. The number of ether oxygens (including phenoxy) is 1. The first kappa shape index (κ1) is 13.7. The van der Waals surface area contributed by atoms with Crippen LogP contribution in [0.3, 0.4) is 0 Å². The fourth-order valence-corrected chi connectivity index (χ4v) is 2.94. The molecule has 0 amide bonds. The molecule has 0 N–H and O–H groups in total. The molecule has 0 bridgehead atoms. The zero-order valence-electron chi connectivity index (χ0n) is 10.6. The molecule has 0 unspecified atom stereocenters. The van der Waals surface area contributed by atoms with E-state index in [1.807, 2.05) is 19.1 Å². The number of hydrogen-bond donors (Lipinski definition) is 0. The Labute approximate surface area is 120 Å². The van der Waals surface area contributed by atoms with Crippen molar-refractivity contribution in [2.45, 2.75) is 20.3 Å². The van der Waals surface area contributed by atoms with Gasteiger partial charge in [0.1, 0.15) is 0 Å². The summed E-state index contributed by atoms with van der Waals surface area (Å²) >= 11 is 5.21. The summed E-state index contributed by atoms with van der Waals surface area (Å²) in [5.74, 6) is 0. The van der Waals surface area contributed by atoms with Crippen LogP contribution >= 0.6 is 27.3 Å². The molecular weight excluding hydrogens is 310 g/mol. The Morgan fingerprint density at radius 1 is 1.28 bits per heavy atom. The minimum atomic E-state index is 0.753. The normalized spacial score (nSPS) is 10.8. The van der Waals surface area contributed by atoms with Crippen LogP contribution in [0.5, 0.6) is 0 Å². The fourth-order valence-electron chi connectivity index (χ4n) is 1.74. The maximum atomic E-state index is 5.37. The standard InChI is InChI=1S/C14H16BrNOS/c1-3-17-9-8-13-16-14(10(2)18-13)11-4-6-12(15)7-5-11/h4-7H,3,8-9H2,1-2H3. The van der Waals surface area contributed by atoms with Gasteiger partial charge in [-0.1, -0.05) is 28.1 Å². The average molecular weight is 326 g/mol. The first-order chi connectivity index (χ1) is 8.70. The molecule has 0 saturated carbocycles. The second-order valence-electron chi connectivity index (χ2n) is 3.97. The lowest BCUT2D eigenvalue weighted by atomic mass is 10.1. The van der Waals surface area contributed by atoms with E-state index in [4.69, 9.17) is 9.72 Å². The highest BCUT2D eigenvalue weighted by Crippen LogP contribution is 2.28. The lowest BCUT2D eigenvalue weighted by molar-refractivity contribution is 0.151. The van der Waals surface area contributed by atoms with Crippen molar-refractivity contribution in [1.82, 2.24) is 4.98 Å². The minimum Gasteiger partial charge on any atom is -0.381 e. The molecule has 18 heavy (non-hydrogen) atoms. The van der Waals surface area contributed by atoms with Crippen LogP contribution in [0.15, 0.2) is 28.7 Å². The number of hydrogen-bond acceptors (Lipinski definition) is 3. The summed E-state index contributed by atoms with van der Waals surface area (Å²) in [6.07, 6.45) is 0.899. The Hall–Kier alpha value is -0.710. The third-order valence-corrected chi connectivity index (χ3v) is 4.18. The van der Waals surface area contributed by atoms with Gasteiger partial charge in [-0.25, -0.2) is 4.98 Å². The summed E-state index contributed by atoms with van der Waals surface area (Å²) in [5.41, 5.74) is 2.27. The molecule has 1 aromatic heterocycles. The largest absolute Gasteiger partial charge is 0.381 e. The topological polar surface area (TPSA) is 22.1 Å². The minimum absolute atomic E-state index is 0.753. The molecule has 0 saturated heterocycles. The highest BCUT2D eigenvalue weighted by Gasteiger charge is 2.09. The summed E-state index contributed by atoms with van der Waals surface area (Å²) in [6.45, 7) is 5.66. The predicted molar refractivity (Wildman–Crippen MR) is 80.2 cm³/mol. The van der Waals surface area contributed by atoms with Crippen LogP contribution in [0.1, 0.15) is 16.8 Å². The maximum absolute atomic E-state index is 5.37. The van der Waals surface area contributed by atoms with Crippen molar-refractivity contribution in [3.8, 4) is 11.3 Å². The highest BCUT2D eigenvalue weighted by molar-refractivity contribution is 9.10. The number of aryl methyl sites for hydroxylation is 1. The van der Waals surface area contributed by atoms with E-state index < -0.39 is 0 Å². The van der Waals surface area contributed by atoms with Gasteiger partial charge in [-0.05, 0) is 26.0 Å². The molecule has 2 aromatic rings. The Kier molecular flexibility index (Phi) is 4.92. The number of thiazole rings is 1. The zero-order chi connectivity index (χ0) is 13.0. The van der Waals surface area contributed by atoms with Crippen molar-refractivity contribution >= 4 is 27.3 Å². The Balaban J connectivity index is 2.16. The molecule has 4 heteroatoms. The molecule has 0 fully saturated rings. The number of aromatic nitrogens is 1. The van der Waals surface area contributed by atoms with Crippen molar-refractivity contribution < 1.29 is 4.74 Å². The second-order valence-corrected chi connectivity index (χ2v) is 6.17. The molecule has 0 aliphatic rings. The molecule has 2 rings (SSSR count). The van der Waals surface area contributed by atoms with Crippen molar-refractivity contribution in [3.05, 3.63) is 38.6 Å². The van der Waals surface area contributed by atoms with Crippen LogP contribution in [0, 0.1) is 6.92 Å². The first-order valence-corrected chi connectivity index (χ1v) is 7.61. The Morgan fingerprint density at radius 2 is 2.00 bits per heavy atom. The van der Waals surface area contributed by atoms with Crippen LogP contribution < -0.4 is 0 Å². The van der Waals surface area contributed by atoms with Crippen molar-refractivity contribution in [2.75, 3.05) is 13.2 Å². The van der Waals surface area contributed by atoms with Crippen LogP contribution in [0.2, 0.25) is 0 Å². The van der Waals surface area contributed by atoms with E-state index in [-0.39, 0.29) is 0 Å². The molecule has 0 spiro atoms. The summed E-state index contributed by atoms with van der Waals surface area (Å²) in [4.78, 5) is 5.97. The number of rotatable bonds is 5. The second kappa shape index (κ2) is 6.45. The third kappa shape index (κ3) is 3.40. The van der Waals surface area contributed by atoms with E-state index in [1.165, 1.54) is 10.4 Å². The van der Waals surface area contributed by atoms with E-state index in [0.717, 1.165) is 34.8 Å². The van der Waals surface area contributed by atoms with Crippen LogP contribution in [-0.4, -0.2) is 18.2 Å². The first-order valence-electron chi connectivity index (χ1n) is 6.00. The van der Waals surface area contributed by atoms with Gasteiger partial charge in [-0.3, -0.25) is 0 Å². The molecule has 96 valence electrons. The number of benzene rings is 1. The van der Waals surface area contributed by atoms with Crippen molar-refractivity contribution in [3.63, 3.8) is 0 Å². The fraction of sp³-hybridized carbons (Fsp3) is 0.357. The number of nitrogens with zero attached hydrogens (tertiary/aromatic N) is 1. The summed E-state index contributed by atoms with van der Waals surface area (Å²) in [7, 11) is 0. The predicted octanol–water partition coefficient (Wildman–Crippen LogP) is 4.46. The van der Waals surface area contributed by atoms with Crippen molar-refractivity contribution in [1.29, 1.82) is 0 Å². The summed E-state index contributed by atoms with van der Waals surface area (Å²) < 4.78 is 6.46. The number of halogens is 1. The Bertz CT molecular complexity index is 507. The van der Waals surface area contributed by atoms with Crippen LogP contribution in [-0.2, 0) is 11.2 Å². The van der Waals surface area contributed by atoms with Gasteiger partial charge in [0, 0.05) is 27.9 Å². The smallest absolute Gasteiger partial charge is 0.0958 e. The van der Waals surface area contributed by atoms with Gasteiger partial charge in [0.05, 0.1) is 17.3 Å². The average Bonchev–Trinajstić information content (AvgIpc) is 2.72. The third-order valence-electron chi connectivity index (χ3n) is 2.62.